The molecular weight excluding hydrogens is 328 g/mol. The molecule has 0 unspecified atom stereocenters. The molecule has 2 aromatic rings. The molecule has 1 aromatic carbocycles. The van der Waals surface area contributed by atoms with Crippen molar-refractivity contribution < 1.29 is 22.1 Å². The summed E-state index contributed by atoms with van der Waals surface area (Å²) in [5.41, 5.74) is -1.02. The van der Waals surface area contributed by atoms with Crippen molar-refractivity contribution in [3.8, 4) is 0 Å². The van der Waals surface area contributed by atoms with Crippen LogP contribution in [-0.2, 0) is 12.6 Å². The third-order valence-electron chi connectivity index (χ3n) is 4.21. The molecule has 1 fully saturated rings. The Bertz CT molecular complexity index is 766. The SMILES string of the molecule is O=c1cc([C@@H]2CCN[C@H](Cc3cc(F)cc(C(F)(F)F)c3)C2)o[nH]1. The largest absolute Gasteiger partial charge is 0.416 e. The molecule has 24 heavy (non-hydrogen) atoms. The van der Waals surface area contributed by atoms with Crippen LogP contribution in [0.1, 0.15) is 35.6 Å². The van der Waals surface area contributed by atoms with Crippen molar-refractivity contribution in [2.24, 2.45) is 0 Å². The van der Waals surface area contributed by atoms with Gasteiger partial charge in [-0.15, -0.1) is 0 Å². The highest BCUT2D eigenvalue weighted by Crippen LogP contribution is 2.32. The molecule has 130 valence electrons. The number of hydrogen-bond donors (Lipinski definition) is 2. The van der Waals surface area contributed by atoms with Gasteiger partial charge in [-0.05, 0) is 49.6 Å². The number of rotatable bonds is 3. The highest BCUT2D eigenvalue weighted by atomic mass is 19.4. The van der Waals surface area contributed by atoms with Gasteiger partial charge in [-0.25, -0.2) is 4.39 Å². The second-order valence-corrected chi connectivity index (χ2v) is 6.04. The van der Waals surface area contributed by atoms with Gasteiger partial charge in [0.25, 0.3) is 5.56 Å². The van der Waals surface area contributed by atoms with E-state index in [1.54, 1.807) is 0 Å². The lowest BCUT2D eigenvalue weighted by molar-refractivity contribution is -0.137. The van der Waals surface area contributed by atoms with Crippen molar-refractivity contribution in [1.29, 1.82) is 0 Å². The standard InChI is InChI=1S/C16H16F4N2O2/c17-12-4-9(3-11(7-12)16(18,19)20)5-13-6-10(1-2-21-13)14-8-15(23)22-24-14/h3-4,7-8,10,13,21H,1-2,5-6H2,(H,22,23)/t10-,13-/m1/s1. The predicted octanol–water partition coefficient (Wildman–Crippen LogP) is 3.20. The summed E-state index contributed by atoms with van der Waals surface area (Å²) in [6.07, 6.45) is -2.95. The van der Waals surface area contributed by atoms with E-state index in [0.717, 1.165) is 18.6 Å². The van der Waals surface area contributed by atoms with Crippen LogP contribution in [0, 0.1) is 5.82 Å². The number of benzene rings is 1. The van der Waals surface area contributed by atoms with Crippen LogP contribution >= 0.6 is 0 Å². The van der Waals surface area contributed by atoms with E-state index in [9.17, 15) is 22.4 Å². The van der Waals surface area contributed by atoms with E-state index in [1.165, 1.54) is 6.07 Å². The molecule has 8 heteroatoms. The van der Waals surface area contributed by atoms with Crippen LogP contribution in [0.5, 0.6) is 0 Å². The first-order valence-electron chi connectivity index (χ1n) is 7.60. The zero-order valence-corrected chi connectivity index (χ0v) is 12.6. The molecule has 1 saturated heterocycles. The van der Waals surface area contributed by atoms with Crippen LogP contribution in [0.25, 0.3) is 0 Å². The summed E-state index contributed by atoms with van der Waals surface area (Å²) in [6.45, 7) is 0.645. The topological polar surface area (TPSA) is 58.0 Å². The number of H-pyrrole nitrogens is 1. The minimum atomic E-state index is -4.58. The maximum Gasteiger partial charge on any atom is 0.416 e. The van der Waals surface area contributed by atoms with Gasteiger partial charge in [0.05, 0.1) is 5.56 Å². The minimum Gasteiger partial charge on any atom is -0.383 e. The highest BCUT2D eigenvalue weighted by molar-refractivity contribution is 5.27. The van der Waals surface area contributed by atoms with Gasteiger partial charge in [0.2, 0.25) is 0 Å². The van der Waals surface area contributed by atoms with Gasteiger partial charge in [-0.3, -0.25) is 4.79 Å². The maximum absolute atomic E-state index is 13.5. The van der Waals surface area contributed by atoms with E-state index < -0.39 is 17.6 Å². The summed E-state index contributed by atoms with van der Waals surface area (Å²) in [5.74, 6) is -0.351. The van der Waals surface area contributed by atoms with Crippen LogP contribution in [0.2, 0.25) is 0 Å². The molecule has 0 spiro atoms. The van der Waals surface area contributed by atoms with E-state index >= 15 is 0 Å². The third kappa shape index (κ3) is 3.87. The lowest BCUT2D eigenvalue weighted by Crippen LogP contribution is -2.38. The molecule has 2 N–H and O–H groups in total. The number of aromatic amines is 1. The second kappa shape index (κ2) is 6.43. The summed E-state index contributed by atoms with van der Waals surface area (Å²) < 4.78 is 56.9. The normalized spacial score (nSPS) is 21.8. The van der Waals surface area contributed by atoms with Crippen molar-refractivity contribution >= 4 is 0 Å². The first-order chi connectivity index (χ1) is 11.3. The van der Waals surface area contributed by atoms with Crippen molar-refractivity contribution in [3.63, 3.8) is 0 Å². The summed E-state index contributed by atoms with van der Waals surface area (Å²) >= 11 is 0. The Kier molecular flexibility index (Phi) is 4.49. The van der Waals surface area contributed by atoms with Crippen molar-refractivity contribution in [3.05, 3.63) is 57.3 Å². The average Bonchev–Trinajstić information content (AvgIpc) is 2.93. The molecule has 0 amide bonds. The fourth-order valence-corrected chi connectivity index (χ4v) is 3.14. The zero-order chi connectivity index (χ0) is 17.3. The third-order valence-corrected chi connectivity index (χ3v) is 4.21. The van der Waals surface area contributed by atoms with E-state index in [2.05, 4.69) is 10.5 Å². The van der Waals surface area contributed by atoms with E-state index in [0.29, 0.717) is 24.8 Å². The predicted molar refractivity (Wildman–Crippen MR) is 78.2 cm³/mol. The number of halogens is 4. The molecule has 2 heterocycles. The molecule has 3 rings (SSSR count). The van der Waals surface area contributed by atoms with Crippen LogP contribution in [0.3, 0.4) is 0 Å². The van der Waals surface area contributed by atoms with Crippen molar-refractivity contribution in [2.45, 2.75) is 37.4 Å². The van der Waals surface area contributed by atoms with Gasteiger partial charge in [0.15, 0.2) is 0 Å². The van der Waals surface area contributed by atoms with Crippen LogP contribution in [0.15, 0.2) is 33.6 Å². The zero-order valence-electron chi connectivity index (χ0n) is 12.6. The molecule has 0 aliphatic carbocycles. The fourth-order valence-electron chi connectivity index (χ4n) is 3.14. The molecule has 0 saturated carbocycles. The van der Waals surface area contributed by atoms with Crippen LogP contribution in [0.4, 0.5) is 17.6 Å². The molecule has 0 radical (unpaired) electrons. The van der Waals surface area contributed by atoms with Gasteiger partial charge in [-0.1, -0.05) is 0 Å². The quantitative estimate of drug-likeness (QED) is 0.841. The van der Waals surface area contributed by atoms with Crippen LogP contribution in [-0.4, -0.2) is 17.7 Å². The fraction of sp³-hybridized carbons (Fsp3) is 0.438. The summed E-state index contributed by atoms with van der Waals surface area (Å²) in [6, 6.07) is 3.86. The van der Waals surface area contributed by atoms with Crippen LogP contribution < -0.4 is 10.9 Å². The second-order valence-electron chi connectivity index (χ2n) is 6.04. The number of nitrogens with one attached hydrogen (secondary N) is 2. The minimum absolute atomic E-state index is 0.00541. The monoisotopic (exact) mass is 344 g/mol. The van der Waals surface area contributed by atoms with Crippen molar-refractivity contribution in [2.75, 3.05) is 6.54 Å². The smallest absolute Gasteiger partial charge is 0.383 e. The molecule has 4 nitrogen and oxygen atoms in total. The Hall–Kier alpha value is -2.09. The van der Waals surface area contributed by atoms with Gasteiger partial charge < -0.3 is 9.84 Å². The summed E-state index contributed by atoms with van der Waals surface area (Å²) in [7, 11) is 0. The van der Waals surface area contributed by atoms with Crippen molar-refractivity contribution in [1.82, 2.24) is 10.5 Å². The molecule has 0 bridgehead atoms. The van der Waals surface area contributed by atoms with Gasteiger partial charge in [-0.2, -0.15) is 18.3 Å². The Morgan fingerprint density at radius 2 is 2.00 bits per heavy atom. The van der Waals surface area contributed by atoms with Gasteiger partial charge in [0.1, 0.15) is 11.6 Å². The van der Waals surface area contributed by atoms with E-state index in [4.69, 9.17) is 4.52 Å². The maximum atomic E-state index is 13.5. The first-order valence-corrected chi connectivity index (χ1v) is 7.60. The van der Waals surface area contributed by atoms with Gasteiger partial charge >= 0.3 is 6.18 Å². The summed E-state index contributed by atoms with van der Waals surface area (Å²) in [4.78, 5) is 11.2. The molecule has 2 atom stereocenters. The number of alkyl halides is 3. The lowest BCUT2D eigenvalue weighted by atomic mass is 9.87. The Labute approximate surface area is 134 Å². The average molecular weight is 344 g/mol. The first kappa shape index (κ1) is 16.8. The molecule has 1 aliphatic heterocycles. The molecule has 1 aliphatic rings. The van der Waals surface area contributed by atoms with E-state index in [-0.39, 0.29) is 29.5 Å². The molecular formula is C16H16F4N2O2. The van der Waals surface area contributed by atoms with Gasteiger partial charge in [0, 0.05) is 18.0 Å². The Morgan fingerprint density at radius 3 is 2.67 bits per heavy atom. The molecule has 1 aromatic heterocycles. The number of aromatic nitrogens is 1. The number of hydrogen-bond acceptors (Lipinski definition) is 3. The Balaban J connectivity index is 1.74. The highest BCUT2D eigenvalue weighted by Gasteiger charge is 2.32. The number of piperidine rings is 1. The summed E-state index contributed by atoms with van der Waals surface area (Å²) in [5, 5.41) is 5.45. The Morgan fingerprint density at radius 1 is 1.21 bits per heavy atom. The lowest BCUT2D eigenvalue weighted by Gasteiger charge is -2.29. The van der Waals surface area contributed by atoms with E-state index in [1.807, 2.05) is 0 Å².